The van der Waals surface area contributed by atoms with Gasteiger partial charge in [-0.05, 0) is 36.9 Å². The lowest BCUT2D eigenvalue weighted by Crippen LogP contribution is -2.09. The highest BCUT2D eigenvalue weighted by Crippen LogP contribution is 2.29. The van der Waals surface area contributed by atoms with E-state index in [9.17, 15) is 5.11 Å². The number of anilines is 3. The molecule has 0 bridgehead atoms. The number of benzene rings is 1. The van der Waals surface area contributed by atoms with Gasteiger partial charge >= 0.3 is 0 Å². The van der Waals surface area contributed by atoms with Gasteiger partial charge in [0.15, 0.2) is 0 Å². The van der Waals surface area contributed by atoms with Gasteiger partial charge in [0.1, 0.15) is 11.6 Å². The molecule has 0 spiro atoms. The van der Waals surface area contributed by atoms with Crippen LogP contribution in [-0.4, -0.2) is 31.5 Å². The molecule has 142 valence electrons. The fourth-order valence-corrected chi connectivity index (χ4v) is 3.12. The molecule has 3 heterocycles. The van der Waals surface area contributed by atoms with Crippen molar-refractivity contribution >= 4 is 28.1 Å². The number of nitrogens with zero attached hydrogens (tertiary/aromatic N) is 4. The number of nitrogen functional groups attached to an aromatic ring is 1. The van der Waals surface area contributed by atoms with Crippen LogP contribution in [0.4, 0.5) is 17.3 Å². The molecule has 7 heteroatoms. The normalized spacial score (nSPS) is 12.2. The van der Waals surface area contributed by atoms with Crippen molar-refractivity contribution in [1.82, 2.24) is 19.7 Å². The predicted octanol–water partition coefficient (Wildman–Crippen LogP) is 3.68. The number of nitrogens with two attached hydrogens (primary N) is 1. The van der Waals surface area contributed by atoms with Crippen molar-refractivity contribution < 1.29 is 5.11 Å². The standard InChI is InChI=1S/C21H22N6O/c1-13-5-3-4-6-17(13)19-7-15-8-20(23-10-18(15)21(22)26-19)25-16-9-24-27(11-16)14(2)12-28/h3-11,14,28H,12H2,1-2H3,(H2,22,26)(H,23,25). The molecule has 4 rings (SSSR count). The number of hydrogen-bond donors (Lipinski definition) is 3. The summed E-state index contributed by atoms with van der Waals surface area (Å²) in [5.41, 5.74) is 10.0. The summed E-state index contributed by atoms with van der Waals surface area (Å²) in [4.78, 5) is 9.00. The lowest BCUT2D eigenvalue weighted by atomic mass is 10.0. The minimum atomic E-state index is -0.0809. The Balaban J connectivity index is 1.70. The molecule has 1 unspecified atom stereocenters. The molecule has 0 aliphatic heterocycles. The van der Waals surface area contributed by atoms with E-state index < -0.39 is 0 Å². The van der Waals surface area contributed by atoms with E-state index in [-0.39, 0.29) is 12.6 Å². The Kier molecular flexibility index (Phi) is 4.67. The second kappa shape index (κ2) is 7.28. The van der Waals surface area contributed by atoms with Crippen LogP contribution in [0.1, 0.15) is 18.5 Å². The van der Waals surface area contributed by atoms with Crippen LogP contribution in [0.2, 0.25) is 0 Å². The molecule has 0 saturated carbocycles. The van der Waals surface area contributed by atoms with Gasteiger partial charge in [-0.1, -0.05) is 24.3 Å². The summed E-state index contributed by atoms with van der Waals surface area (Å²) >= 11 is 0. The Morgan fingerprint density at radius 2 is 2.04 bits per heavy atom. The van der Waals surface area contributed by atoms with Crippen molar-refractivity contribution in [1.29, 1.82) is 0 Å². The fourth-order valence-electron chi connectivity index (χ4n) is 3.12. The number of fused-ring (bicyclic) bond motifs is 1. The van der Waals surface area contributed by atoms with E-state index >= 15 is 0 Å². The van der Waals surface area contributed by atoms with Gasteiger partial charge in [0, 0.05) is 23.3 Å². The molecular weight excluding hydrogens is 352 g/mol. The molecule has 0 saturated heterocycles. The first kappa shape index (κ1) is 17.9. The summed E-state index contributed by atoms with van der Waals surface area (Å²) in [6.07, 6.45) is 5.27. The number of aromatic nitrogens is 4. The molecule has 28 heavy (non-hydrogen) atoms. The fraction of sp³-hybridized carbons (Fsp3) is 0.190. The minimum Gasteiger partial charge on any atom is -0.394 e. The third kappa shape index (κ3) is 3.39. The van der Waals surface area contributed by atoms with E-state index in [1.54, 1.807) is 17.1 Å². The van der Waals surface area contributed by atoms with Crippen LogP contribution in [0, 0.1) is 6.92 Å². The molecule has 1 atom stereocenters. The number of aryl methyl sites for hydroxylation is 1. The van der Waals surface area contributed by atoms with E-state index in [1.807, 2.05) is 43.5 Å². The summed E-state index contributed by atoms with van der Waals surface area (Å²) in [6, 6.07) is 12.0. The Labute approximate surface area is 162 Å². The van der Waals surface area contributed by atoms with Crippen molar-refractivity contribution in [2.24, 2.45) is 0 Å². The van der Waals surface area contributed by atoms with Gasteiger partial charge in [0.25, 0.3) is 0 Å². The van der Waals surface area contributed by atoms with Gasteiger partial charge in [-0.25, -0.2) is 9.97 Å². The second-order valence-electron chi connectivity index (χ2n) is 6.86. The summed E-state index contributed by atoms with van der Waals surface area (Å²) in [6.45, 7) is 3.99. The lowest BCUT2D eigenvalue weighted by molar-refractivity contribution is 0.230. The predicted molar refractivity (Wildman–Crippen MR) is 111 cm³/mol. The molecular formula is C21H22N6O. The van der Waals surface area contributed by atoms with Crippen LogP contribution < -0.4 is 11.1 Å². The quantitative estimate of drug-likeness (QED) is 0.492. The minimum absolute atomic E-state index is 0.0311. The molecule has 3 aromatic heterocycles. The highest BCUT2D eigenvalue weighted by molar-refractivity contribution is 5.94. The Hall–Kier alpha value is -3.45. The summed E-state index contributed by atoms with van der Waals surface area (Å²) in [5, 5.41) is 18.5. The summed E-state index contributed by atoms with van der Waals surface area (Å²) < 4.78 is 1.71. The van der Waals surface area contributed by atoms with Crippen molar-refractivity contribution in [2.45, 2.75) is 19.9 Å². The van der Waals surface area contributed by atoms with Crippen molar-refractivity contribution in [3.8, 4) is 11.3 Å². The Bertz CT molecular complexity index is 1140. The first-order chi connectivity index (χ1) is 13.5. The third-order valence-corrected chi connectivity index (χ3v) is 4.76. The van der Waals surface area contributed by atoms with Crippen LogP contribution in [0.5, 0.6) is 0 Å². The molecule has 0 amide bonds. The van der Waals surface area contributed by atoms with Crippen molar-refractivity contribution in [3.05, 3.63) is 60.6 Å². The average Bonchev–Trinajstić information content (AvgIpc) is 3.16. The maximum atomic E-state index is 9.26. The monoisotopic (exact) mass is 374 g/mol. The van der Waals surface area contributed by atoms with Gasteiger partial charge < -0.3 is 16.2 Å². The molecule has 4 aromatic rings. The Morgan fingerprint density at radius 3 is 2.82 bits per heavy atom. The summed E-state index contributed by atoms with van der Waals surface area (Å²) in [5.74, 6) is 1.14. The average molecular weight is 374 g/mol. The van der Waals surface area contributed by atoms with Crippen molar-refractivity contribution in [2.75, 3.05) is 17.7 Å². The van der Waals surface area contributed by atoms with Crippen LogP contribution >= 0.6 is 0 Å². The zero-order chi connectivity index (χ0) is 19.7. The molecule has 0 radical (unpaired) electrons. The van der Waals surface area contributed by atoms with Crippen LogP contribution in [-0.2, 0) is 0 Å². The largest absolute Gasteiger partial charge is 0.394 e. The number of rotatable bonds is 5. The van der Waals surface area contributed by atoms with Gasteiger partial charge in [-0.3, -0.25) is 4.68 Å². The van der Waals surface area contributed by atoms with Crippen LogP contribution in [0.25, 0.3) is 22.0 Å². The first-order valence-corrected chi connectivity index (χ1v) is 9.09. The zero-order valence-corrected chi connectivity index (χ0v) is 15.8. The molecule has 0 aliphatic carbocycles. The van der Waals surface area contributed by atoms with E-state index in [2.05, 4.69) is 33.4 Å². The first-order valence-electron chi connectivity index (χ1n) is 9.09. The lowest BCUT2D eigenvalue weighted by Gasteiger charge is -2.10. The number of pyridine rings is 2. The SMILES string of the molecule is Cc1ccccc1-c1cc2cc(Nc3cnn(C(C)CO)c3)ncc2c(N)n1. The highest BCUT2D eigenvalue weighted by Gasteiger charge is 2.10. The van der Waals surface area contributed by atoms with Gasteiger partial charge in [-0.15, -0.1) is 0 Å². The van der Waals surface area contributed by atoms with E-state index in [4.69, 9.17) is 5.73 Å². The maximum Gasteiger partial charge on any atom is 0.133 e. The highest BCUT2D eigenvalue weighted by atomic mass is 16.3. The molecule has 0 fully saturated rings. The number of hydrogen-bond acceptors (Lipinski definition) is 6. The van der Waals surface area contributed by atoms with E-state index in [1.165, 1.54) is 0 Å². The maximum absolute atomic E-state index is 9.26. The zero-order valence-electron chi connectivity index (χ0n) is 15.8. The molecule has 0 aliphatic rings. The number of nitrogens with one attached hydrogen (secondary N) is 1. The van der Waals surface area contributed by atoms with E-state index in [0.717, 1.165) is 33.3 Å². The topological polar surface area (TPSA) is 102 Å². The molecule has 7 nitrogen and oxygen atoms in total. The summed E-state index contributed by atoms with van der Waals surface area (Å²) in [7, 11) is 0. The van der Waals surface area contributed by atoms with Crippen LogP contribution in [0.3, 0.4) is 0 Å². The number of aliphatic hydroxyl groups is 1. The van der Waals surface area contributed by atoms with Gasteiger partial charge in [0.2, 0.25) is 0 Å². The number of aliphatic hydroxyl groups excluding tert-OH is 1. The van der Waals surface area contributed by atoms with Crippen molar-refractivity contribution in [3.63, 3.8) is 0 Å². The Morgan fingerprint density at radius 1 is 1.21 bits per heavy atom. The smallest absolute Gasteiger partial charge is 0.133 e. The third-order valence-electron chi connectivity index (χ3n) is 4.76. The van der Waals surface area contributed by atoms with Gasteiger partial charge in [0.05, 0.1) is 30.2 Å². The molecule has 1 aromatic carbocycles. The van der Waals surface area contributed by atoms with Gasteiger partial charge in [-0.2, -0.15) is 5.10 Å². The second-order valence-corrected chi connectivity index (χ2v) is 6.86. The molecule has 4 N–H and O–H groups in total. The van der Waals surface area contributed by atoms with E-state index in [0.29, 0.717) is 11.6 Å². The van der Waals surface area contributed by atoms with Crippen LogP contribution in [0.15, 0.2) is 55.0 Å².